The summed E-state index contributed by atoms with van der Waals surface area (Å²) in [5, 5.41) is 10.3. The Morgan fingerprint density at radius 1 is 1.39 bits per heavy atom. The van der Waals surface area contributed by atoms with E-state index in [0.29, 0.717) is 36.1 Å². The van der Waals surface area contributed by atoms with Crippen LogP contribution in [0.15, 0.2) is 18.2 Å². The molecule has 1 N–H and O–H groups in total. The monoisotopic (exact) mass is 322 g/mol. The predicted molar refractivity (Wildman–Crippen MR) is 82.3 cm³/mol. The lowest BCUT2D eigenvalue weighted by atomic mass is 10.0. The molecule has 126 valence electrons. The highest BCUT2D eigenvalue weighted by molar-refractivity contribution is 5.86. The van der Waals surface area contributed by atoms with Crippen LogP contribution in [0.5, 0.6) is 11.5 Å². The first-order valence-corrected chi connectivity index (χ1v) is 7.46. The number of carbonyl (C=O) groups excluding carboxylic acids is 2. The highest BCUT2D eigenvalue weighted by atomic mass is 16.5. The molecule has 1 aromatic rings. The van der Waals surface area contributed by atoms with Crippen molar-refractivity contribution < 1.29 is 24.3 Å². The van der Waals surface area contributed by atoms with Crippen LogP contribution in [0.25, 0.3) is 0 Å². The van der Waals surface area contributed by atoms with Gasteiger partial charge >= 0.3 is 0 Å². The molecule has 1 fully saturated rings. The topological polar surface area (TPSA) is 79.3 Å². The third-order valence-corrected chi connectivity index (χ3v) is 3.98. The Labute approximate surface area is 135 Å². The normalized spacial score (nSPS) is 17.8. The minimum absolute atomic E-state index is 0.258. The predicted octanol–water partition coefficient (Wildman–Crippen LogP) is 1.43. The first-order valence-electron chi connectivity index (χ1n) is 7.46. The van der Waals surface area contributed by atoms with Crippen molar-refractivity contribution in [3.05, 3.63) is 23.8 Å². The Kier molecular flexibility index (Phi) is 5.44. The number of hydrogen-bond acceptors (Lipinski definition) is 5. The fraction of sp³-hybridized carbons (Fsp3) is 0.500. The molecule has 1 unspecified atom stereocenters. The highest BCUT2D eigenvalue weighted by Crippen LogP contribution is 2.27. The van der Waals surface area contributed by atoms with Gasteiger partial charge in [-0.25, -0.2) is 5.06 Å². The Bertz CT molecular complexity index is 590. The second kappa shape index (κ2) is 7.32. The molecule has 7 nitrogen and oxygen atoms in total. The minimum Gasteiger partial charge on any atom is -0.497 e. The molecule has 23 heavy (non-hydrogen) atoms. The van der Waals surface area contributed by atoms with Crippen molar-refractivity contribution in [1.82, 2.24) is 9.96 Å². The summed E-state index contributed by atoms with van der Waals surface area (Å²) in [6, 6.07) is 4.59. The number of hydroxylamine groups is 2. The van der Waals surface area contributed by atoms with Crippen molar-refractivity contribution in [2.24, 2.45) is 0 Å². The van der Waals surface area contributed by atoms with Crippen molar-refractivity contribution >= 4 is 11.8 Å². The molecule has 1 aliphatic rings. The largest absolute Gasteiger partial charge is 0.497 e. The summed E-state index contributed by atoms with van der Waals surface area (Å²) < 4.78 is 10.5. The maximum Gasteiger partial charge on any atom is 0.248 e. The van der Waals surface area contributed by atoms with Crippen LogP contribution in [0.1, 0.15) is 25.3 Å². The van der Waals surface area contributed by atoms with Gasteiger partial charge in [0, 0.05) is 31.6 Å². The van der Waals surface area contributed by atoms with Crippen LogP contribution >= 0.6 is 0 Å². The molecule has 0 spiro atoms. The van der Waals surface area contributed by atoms with E-state index in [1.165, 1.54) is 6.92 Å². The lowest BCUT2D eigenvalue weighted by Gasteiger charge is -2.35. The van der Waals surface area contributed by atoms with Crippen molar-refractivity contribution in [3.63, 3.8) is 0 Å². The van der Waals surface area contributed by atoms with Crippen molar-refractivity contribution in [2.75, 3.05) is 20.8 Å². The van der Waals surface area contributed by atoms with Gasteiger partial charge in [0.1, 0.15) is 17.5 Å². The van der Waals surface area contributed by atoms with Crippen LogP contribution in [0.4, 0.5) is 0 Å². The molecule has 2 amide bonds. The number of carbonyl (C=O) groups is 2. The van der Waals surface area contributed by atoms with Gasteiger partial charge < -0.3 is 14.4 Å². The van der Waals surface area contributed by atoms with Crippen LogP contribution in [-0.4, -0.2) is 53.8 Å². The van der Waals surface area contributed by atoms with E-state index in [0.717, 1.165) is 12.0 Å². The van der Waals surface area contributed by atoms with Gasteiger partial charge in [-0.3, -0.25) is 14.8 Å². The van der Waals surface area contributed by atoms with E-state index in [2.05, 4.69) is 0 Å². The van der Waals surface area contributed by atoms with Crippen LogP contribution in [0.2, 0.25) is 0 Å². The molecule has 7 heteroatoms. The average Bonchev–Trinajstić information content (AvgIpc) is 2.56. The second-order valence-corrected chi connectivity index (χ2v) is 5.46. The number of likely N-dealkylation sites (tertiary alicyclic amines) is 1. The van der Waals surface area contributed by atoms with E-state index in [-0.39, 0.29) is 5.91 Å². The maximum atomic E-state index is 12.5. The van der Waals surface area contributed by atoms with Gasteiger partial charge in [0.15, 0.2) is 0 Å². The Balaban J connectivity index is 2.16. The van der Waals surface area contributed by atoms with Crippen LogP contribution < -0.4 is 9.47 Å². The molecule has 1 heterocycles. The number of piperidine rings is 1. The lowest BCUT2D eigenvalue weighted by Crippen LogP contribution is -2.52. The third kappa shape index (κ3) is 3.73. The van der Waals surface area contributed by atoms with E-state index in [1.807, 2.05) is 6.07 Å². The summed E-state index contributed by atoms with van der Waals surface area (Å²) in [5.74, 6) is 0.511. The van der Waals surface area contributed by atoms with E-state index in [9.17, 15) is 14.8 Å². The molecule has 2 rings (SSSR count). The highest BCUT2D eigenvalue weighted by Gasteiger charge is 2.34. The second-order valence-electron chi connectivity index (χ2n) is 5.46. The molecule has 1 aromatic carbocycles. The number of methoxy groups -OCH3 is 2. The van der Waals surface area contributed by atoms with E-state index in [1.54, 1.807) is 31.3 Å². The zero-order chi connectivity index (χ0) is 17.0. The van der Waals surface area contributed by atoms with Crippen LogP contribution in [-0.2, 0) is 16.1 Å². The first-order chi connectivity index (χ1) is 11.0. The fourth-order valence-corrected chi connectivity index (χ4v) is 2.71. The number of benzene rings is 1. The van der Waals surface area contributed by atoms with Gasteiger partial charge in [0.2, 0.25) is 11.8 Å². The standard InChI is InChI=1S/C16H22N2O5/c1-11(19)18(21)14-5-4-8-17(16(14)20)10-12-6-7-13(22-2)9-15(12)23-3/h6-7,9,14,21H,4-5,8,10H2,1-3H3. The number of ether oxygens (including phenoxy) is 2. The molecule has 1 atom stereocenters. The Morgan fingerprint density at radius 2 is 2.13 bits per heavy atom. The summed E-state index contributed by atoms with van der Waals surface area (Å²) in [6.45, 7) is 2.17. The van der Waals surface area contributed by atoms with Gasteiger partial charge in [-0.15, -0.1) is 0 Å². The van der Waals surface area contributed by atoms with E-state index >= 15 is 0 Å². The van der Waals surface area contributed by atoms with Crippen molar-refractivity contribution in [2.45, 2.75) is 32.4 Å². The number of rotatable bonds is 5. The molecule has 1 aliphatic heterocycles. The molecule has 0 saturated carbocycles. The molecule has 0 radical (unpaired) electrons. The SMILES string of the molecule is COc1ccc(CN2CCCC(N(O)C(C)=O)C2=O)c(OC)c1. The van der Waals surface area contributed by atoms with Crippen LogP contribution in [0.3, 0.4) is 0 Å². The van der Waals surface area contributed by atoms with Gasteiger partial charge in [0.05, 0.1) is 14.2 Å². The first kappa shape index (κ1) is 17.1. The number of hydrogen-bond donors (Lipinski definition) is 1. The van der Waals surface area contributed by atoms with Gasteiger partial charge in [-0.05, 0) is 25.0 Å². The molecular formula is C16H22N2O5. The average molecular weight is 322 g/mol. The summed E-state index contributed by atoms with van der Waals surface area (Å²) in [4.78, 5) is 25.4. The van der Waals surface area contributed by atoms with Crippen molar-refractivity contribution in [1.29, 1.82) is 0 Å². The smallest absolute Gasteiger partial charge is 0.248 e. The molecule has 0 aliphatic carbocycles. The molecule has 0 bridgehead atoms. The number of amides is 2. The molecule has 0 aromatic heterocycles. The zero-order valence-electron chi connectivity index (χ0n) is 13.6. The number of nitrogens with zero attached hydrogens (tertiary/aromatic N) is 2. The Morgan fingerprint density at radius 3 is 2.74 bits per heavy atom. The fourth-order valence-electron chi connectivity index (χ4n) is 2.71. The third-order valence-electron chi connectivity index (χ3n) is 3.98. The van der Waals surface area contributed by atoms with Gasteiger partial charge in [-0.2, -0.15) is 0 Å². The quantitative estimate of drug-likeness (QED) is 0.655. The lowest BCUT2D eigenvalue weighted by molar-refractivity contribution is -0.184. The van der Waals surface area contributed by atoms with Crippen LogP contribution in [0, 0.1) is 0 Å². The van der Waals surface area contributed by atoms with Crippen molar-refractivity contribution in [3.8, 4) is 11.5 Å². The minimum atomic E-state index is -0.814. The molecular weight excluding hydrogens is 300 g/mol. The van der Waals surface area contributed by atoms with E-state index in [4.69, 9.17) is 9.47 Å². The summed E-state index contributed by atoms with van der Waals surface area (Å²) in [7, 11) is 3.13. The van der Waals surface area contributed by atoms with Gasteiger partial charge in [0.25, 0.3) is 0 Å². The zero-order valence-corrected chi connectivity index (χ0v) is 13.6. The summed E-state index contributed by atoms with van der Waals surface area (Å²) in [5.41, 5.74) is 0.842. The van der Waals surface area contributed by atoms with Gasteiger partial charge in [-0.1, -0.05) is 0 Å². The Hall–Kier alpha value is -2.28. The summed E-state index contributed by atoms with van der Waals surface area (Å²) in [6.07, 6.45) is 1.18. The maximum absolute atomic E-state index is 12.5. The van der Waals surface area contributed by atoms with E-state index < -0.39 is 11.9 Å². The molecule has 1 saturated heterocycles. The summed E-state index contributed by atoms with van der Waals surface area (Å²) >= 11 is 0.